The van der Waals surface area contributed by atoms with Crippen LogP contribution in [0.25, 0.3) is 0 Å². The quantitative estimate of drug-likeness (QED) is 0.257. The Kier molecular flexibility index (Phi) is 7.91. The Morgan fingerprint density at radius 2 is 1.58 bits per heavy atom. The van der Waals surface area contributed by atoms with Crippen LogP contribution in [-0.4, -0.2) is 15.5 Å². The summed E-state index contributed by atoms with van der Waals surface area (Å²) in [5.41, 5.74) is 1.87. The van der Waals surface area contributed by atoms with Crippen LogP contribution >= 0.6 is 23.2 Å². The maximum absolute atomic E-state index is 13.3. The molecule has 0 fully saturated rings. The second-order valence-corrected chi connectivity index (χ2v) is 8.98. The standard InChI is InChI=1S/C27H22Cl2F3N3O/c28-23-12-5-13-24(25(23)29)33-26(36)35(16-19-7-2-1-3-8-19)18-22-11-6-14-34(22)17-20-9-4-10-21(15-20)27(30,31)32/h1-15H,16-18H2,(H,33,36). The summed E-state index contributed by atoms with van der Waals surface area (Å²) in [5, 5.41) is 3.37. The highest BCUT2D eigenvalue weighted by Crippen LogP contribution is 2.31. The summed E-state index contributed by atoms with van der Waals surface area (Å²) >= 11 is 12.3. The van der Waals surface area contributed by atoms with Gasteiger partial charge in [0, 0.05) is 25.0 Å². The van der Waals surface area contributed by atoms with Crippen molar-refractivity contribution < 1.29 is 18.0 Å². The van der Waals surface area contributed by atoms with Gasteiger partial charge in [0.2, 0.25) is 0 Å². The van der Waals surface area contributed by atoms with E-state index in [0.717, 1.165) is 23.4 Å². The number of amides is 2. The predicted molar refractivity (Wildman–Crippen MR) is 136 cm³/mol. The monoisotopic (exact) mass is 531 g/mol. The van der Waals surface area contributed by atoms with E-state index in [4.69, 9.17) is 23.2 Å². The lowest BCUT2D eigenvalue weighted by molar-refractivity contribution is -0.137. The second kappa shape index (κ2) is 11.1. The number of nitrogens with one attached hydrogen (secondary N) is 1. The maximum Gasteiger partial charge on any atom is 0.416 e. The van der Waals surface area contributed by atoms with Crippen molar-refractivity contribution in [3.63, 3.8) is 0 Å². The van der Waals surface area contributed by atoms with Crippen LogP contribution in [0.5, 0.6) is 0 Å². The van der Waals surface area contributed by atoms with Gasteiger partial charge in [0.05, 0.1) is 27.8 Å². The Labute approximate surface area is 216 Å². The van der Waals surface area contributed by atoms with Crippen LogP contribution in [0.1, 0.15) is 22.4 Å². The van der Waals surface area contributed by atoms with E-state index in [1.165, 1.54) is 6.07 Å². The zero-order valence-electron chi connectivity index (χ0n) is 19.0. The zero-order chi connectivity index (χ0) is 25.7. The highest BCUT2D eigenvalue weighted by Gasteiger charge is 2.30. The van der Waals surface area contributed by atoms with Crippen molar-refractivity contribution >= 4 is 34.9 Å². The smallest absolute Gasteiger partial charge is 0.345 e. The van der Waals surface area contributed by atoms with Crippen LogP contribution in [0, 0.1) is 0 Å². The number of halogens is 5. The molecule has 0 aliphatic rings. The molecule has 0 atom stereocenters. The van der Waals surface area contributed by atoms with Crippen molar-refractivity contribution in [2.24, 2.45) is 0 Å². The first kappa shape index (κ1) is 25.7. The average Bonchev–Trinajstić information content (AvgIpc) is 3.28. The second-order valence-electron chi connectivity index (χ2n) is 8.20. The number of benzene rings is 3. The van der Waals surface area contributed by atoms with E-state index in [0.29, 0.717) is 22.8 Å². The number of hydrogen-bond acceptors (Lipinski definition) is 1. The highest BCUT2D eigenvalue weighted by atomic mass is 35.5. The van der Waals surface area contributed by atoms with Crippen molar-refractivity contribution in [1.29, 1.82) is 0 Å². The molecule has 0 spiro atoms. The first-order valence-corrected chi connectivity index (χ1v) is 11.8. The number of aromatic nitrogens is 1. The summed E-state index contributed by atoms with van der Waals surface area (Å²) in [6.07, 6.45) is -2.64. The van der Waals surface area contributed by atoms with Crippen molar-refractivity contribution in [3.8, 4) is 0 Å². The lowest BCUT2D eigenvalue weighted by Gasteiger charge is -2.25. The predicted octanol–water partition coefficient (Wildman–Crippen LogP) is 8.10. The molecule has 0 aliphatic carbocycles. The molecule has 0 bridgehead atoms. The third-order valence-electron chi connectivity index (χ3n) is 5.58. The Hall–Kier alpha value is -3.42. The Morgan fingerprint density at radius 1 is 0.861 bits per heavy atom. The Bertz CT molecular complexity index is 1340. The number of anilines is 1. The van der Waals surface area contributed by atoms with Crippen LogP contribution in [0.2, 0.25) is 10.0 Å². The molecule has 4 nitrogen and oxygen atoms in total. The summed E-state index contributed by atoms with van der Waals surface area (Å²) in [5.74, 6) is 0. The van der Waals surface area contributed by atoms with E-state index < -0.39 is 17.8 Å². The molecule has 1 heterocycles. The fourth-order valence-corrected chi connectivity index (χ4v) is 4.13. The van der Waals surface area contributed by atoms with Gasteiger partial charge in [-0.25, -0.2) is 4.79 Å². The molecule has 1 aromatic heterocycles. The number of hydrogen-bond donors (Lipinski definition) is 1. The van der Waals surface area contributed by atoms with Gasteiger partial charge in [0.1, 0.15) is 0 Å². The third-order valence-corrected chi connectivity index (χ3v) is 6.40. The van der Waals surface area contributed by atoms with Gasteiger partial charge < -0.3 is 14.8 Å². The molecule has 0 aliphatic heterocycles. The molecule has 0 radical (unpaired) electrons. The number of nitrogens with zero attached hydrogens (tertiary/aromatic N) is 2. The maximum atomic E-state index is 13.3. The van der Waals surface area contributed by atoms with Gasteiger partial charge in [-0.1, -0.05) is 71.7 Å². The third kappa shape index (κ3) is 6.42. The van der Waals surface area contributed by atoms with Crippen molar-refractivity contribution in [2.45, 2.75) is 25.8 Å². The normalized spacial score (nSPS) is 11.4. The fourth-order valence-electron chi connectivity index (χ4n) is 3.78. The molecule has 186 valence electrons. The molecule has 9 heteroatoms. The topological polar surface area (TPSA) is 37.3 Å². The number of carbonyl (C=O) groups is 1. The van der Waals surface area contributed by atoms with Gasteiger partial charge in [-0.2, -0.15) is 13.2 Å². The first-order valence-electron chi connectivity index (χ1n) is 11.0. The van der Waals surface area contributed by atoms with Crippen LogP contribution in [-0.2, 0) is 25.8 Å². The summed E-state index contributed by atoms with van der Waals surface area (Å²) in [6, 6.07) is 22.9. The molecule has 1 N–H and O–H groups in total. The minimum atomic E-state index is -4.41. The van der Waals surface area contributed by atoms with E-state index in [9.17, 15) is 18.0 Å². The largest absolute Gasteiger partial charge is 0.416 e. The van der Waals surface area contributed by atoms with E-state index in [-0.39, 0.29) is 18.1 Å². The zero-order valence-corrected chi connectivity index (χ0v) is 20.5. The Morgan fingerprint density at radius 3 is 2.33 bits per heavy atom. The van der Waals surface area contributed by atoms with E-state index >= 15 is 0 Å². The van der Waals surface area contributed by atoms with Crippen molar-refractivity contribution in [3.05, 3.63) is 124 Å². The van der Waals surface area contributed by atoms with Gasteiger partial charge in [0.15, 0.2) is 0 Å². The molecule has 4 aromatic rings. The molecular formula is C27H22Cl2F3N3O. The minimum absolute atomic E-state index is 0.213. The number of carbonyl (C=O) groups excluding carboxylic acids is 1. The average molecular weight is 532 g/mol. The van der Waals surface area contributed by atoms with Crippen molar-refractivity contribution in [1.82, 2.24) is 9.47 Å². The molecule has 2 amide bonds. The molecule has 0 unspecified atom stereocenters. The van der Waals surface area contributed by atoms with Gasteiger partial charge in [-0.05, 0) is 47.5 Å². The van der Waals surface area contributed by atoms with Gasteiger partial charge >= 0.3 is 12.2 Å². The van der Waals surface area contributed by atoms with Crippen molar-refractivity contribution in [2.75, 3.05) is 5.32 Å². The van der Waals surface area contributed by atoms with E-state index in [1.54, 1.807) is 41.4 Å². The summed E-state index contributed by atoms with van der Waals surface area (Å²) in [4.78, 5) is 14.9. The number of urea groups is 1. The minimum Gasteiger partial charge on any atom is -0.345 e. The number of alkyl halides is 3. The molecule has 4 rings (SSSR count). The number of rotatable bonds is 7. The molecule has 0 saturated carbocycles. The Balaban J connectivity index is 1.57. The molecule has 36 heavy (non-hydrogen) atoms. The highest BCUT2D eigenvalue weighted by molar-refractivity contribution is 6.43. The van der Waals surface area contributed by atoms with E-state index in [1.807, 2.05) is 41.0 Å². The SMILES string of the molecule is O=C(Nc1cccc(Cl)c1Cl)N(Cc1ccccc1)Cc1cccn1Cc1cccc(C(F)(F)F)c1. The molecule has 0 saturated heterocycles. The van der Waals surface area contributed by atoms with Gasteiger partial charge in [-0.3, -0.25) is 0 Å². The molecular weight excluding hydrogens is 510 g/mol. The van der Waals surface area contributed by atoms with Crippen LogP contribution < -0.4 is 5.32 Å². The van der Waals surface area contributed by atoms with Gasteiger partial charge in [0.25, 0.3) is 0 Å². The van der Waals surface area contributed by atoms with Crippen LogP contribution in [0.15, 0.2) is 91.1 Å². The first-order chi connectivity index (χ1) is 17.2. The summed E-state index contributed by atoms with van der Waals surface area (Å²) in [7, 11) is 0. The lowest BCUT2D eigenvalue weighted by atomic mass is 10.1. The van der Waals surface area contributed by atoms with Gasteiger partial charge in [-0.15, -0.1) is 0 Å². The van der Waals surface area contributed by atoms with Crippen LogP contribution in [0.4, 0.5) is 23.7 Å². The lowest BCUT2D eigenvalue weighted by Crippen LogP contribution is -2.34. The summed E-state index contributed by atoms with van der Waals surface area (Å²) < 4.78 is 41.3. The fraction of sp³-hybridized carbons (Fsp3) is 0.148. The van der Waals surface area contributed by atoms with E-state index in [2.05, 4.69) is 5.32 Å². The molecule has 3 aromatic carbocycles. The summed E-state index contributed by atoms with van der Waals surface area (Å²) in [6.45, 7) is 0.748. The van der Waals surface area contributed by atoms with Crippen LogP contribution in [0.3, 0.4) is 0 Å².